The molecule has 0 bridgehead atoms. The van der Waals surface area contributed by atoms with E-state index in [4.69, 9.17) is 0 Å². The molecule has 1 heterocycles. The van der Waals surface area contributed by atoms with Crippen LogP contribution in [-0.4, -0.2) is 44.0 Å². The molecule has 0 aromatic heterocycles. The number of amides is 1. The van der Waals surface area contributed by atoms with E-state index in [9.17, 15) is 4.79 Å². The minimum absolute atomic E-state index is 0.135. The van der Waals surface area contributed by atoms with Crippen molar-refractivity contribution in [3.8, 4) is 0 Å². The molecule has 1 saturated heterocycles. The molecule has 1 atom stereocenters. The van der Waals surface area contributed by atoms with Crippen molar-refractivity contribution in [2.75, 3.05) is 33.2 Å². The van der Waals surface area contributed by atoms with Gasteiger partial charge in [0.15, 0.2) is 0 Å². The zero-order chi connectivity index (χ0) is 14.8. The van der Waals surface area contributed by atoms with Crippen molar-refractivity contribution in [2.24, 2.45) is 0 Å². The number of likely N-dealkylation sites (N-methyl/N-ethyl adjacent to an activating group) is 1. The van der Waals surface area contributed by atoms with E-state index in [0.717, 1.165) is 38.2 Å². The second kappa shape index (κ2) is 5.96. The van der Waals surface area contributed by atoms with Crippen molar-refractivity contribution >= 4 is 5.91 Å². The van der Waals surface area contributed by atoms with Crippen LogP contribution in [0.25, 0.3) is 0 Å². The standard InChI is InChI=1S/C17H26N2O/c1-17(2,3)15-8-6-14(7-9-15)16(20)19-11-5-10-18(4)12-13-19/h6-9H,5,10-13H2,1-4H3/p+1. The van der Waals surface area contributed by atoms with Crippen molar-refractivity contribution in [3.63, 3.8) is 0 Å². The highest BCUT2D eigenvalue weighted by atomic mass is 16.2. The molecular weight excluding hydrogens is 248 g/mol. The number of rotatable bonds is 1. The quantitative estimate of drug-likeness (QED) is 0.822. The molecule has 3 nitrogen and oxygen atoms in total. The van der Waals surface area contributed by atoms with Gasteiger partial charge in [-0.15, -0.1) is 0 Å². The first-order valence-corrected chi connectivity index (χ1v) is 7.59. The monoisotopic (exact) mass is 275 g/mol. The summed E-state index contributed by atoms with van der Waals surface area (Å²) in [4.78, 5) is 16.1. The molecule has 1 aliphatic rings. The summed E-state index contributed by atoms with van der Waals surface area (Å²) in [5.74, 6) is 0.181. The van der Waals surface area contributed by atoms with Crippen LogP contribution in [0.5, 0.6) is 0 Å². The van der Waals surface area contributed by atoms with E-state index in [1.165, 1.54) is 10.5 Å². The van der Waals surface area contributed by atoms with Gasteiger partial charge in [0.2, 0.25) is 0 Å². The fraction of sp³-hybridized carbons (Fsp3) is 0.588. The first-order chi connectivity index (χ1) is 9.38. The molecule has 1 N–H and O–H groups in total. The number of carbonyl (C=O) groups excluding carboxylic acids is 1. The van der Waals surface area contributed by atoms with Gasteiger partial charge < -0.3 is 9.80 Å². The van der Waals surface area contributed by atoms with Gasteiger partial charge in [-0.1, -0.05) is 32.9 Å². The number of hydrogen-bond acceptors (Lipinski definition) is 1. The molecule has 20 heavy (non-hydrogen) atoms. The summed E-state index contributed by atoms with van der Waals surface area (Å²) >= 11 is 0. The summed E-state index contributed by atoms with van der Waals surface area (Å²) < 4.78 is 0. The summed E-state index contributed by atoms with van der Waals surface area (Å²) in [5.41, 5.74) is 2.22. The van der Waals surface area contributed by atoms with Gasteiger partial charge >= 0.3 is 0 Å². The average Bonchev–Trinajstić information content (AvgIpc) is 2.62. The van der Waals surface area contributed by atoms with Crippen molar-refractivity contribution in [2.45, 2.75) is 32.6 Å². The molecule has 0 radical (unpaired) electrons. The summed E-state index contributed by atoms with van der Waals surface area (Å²) in [6, 6.07) is 8.12. The van der Waals surface area contributed by atoms with E-state index in [1.54, 1.807) is 0 Å². The van der Waals surface area contributed by atoms with Crippen LogP contribution in [0.1, 0.15) is 43.1 Å². The third-order valence-electron chi connectivity index (χ3n) is 4.13. The third kappa shape index (κ3) is 3.60. The normalized spacial score (nSPS) is 20.6. The average molecular weight is 275 g/mol. The van der Waals surface area contributed by atoms with E-state index < -0.39 is 0 Å². The van der Waals surface area contributed by atoms with Gasteiger partial charge in [-0.2, -0.15) is 0 Å². The molecule has 2 rings (SSSR count). The lowest BCUT2D eigenvalue weighted by atomic mass is 9.86. The van der Waals surface area contributed by atoms with Crippen molar-refractivity contribution in [1.82, 2.24) is 4.90 Å². The number of carbonyl (C=O) groups is 1. The maximum absolute atomic E-state index is 12.5. The molecule has 1 fully saturated rings. The van der Waals surface area contributed by atoms with E-state index >= 15 is 0 Å². The Hall–Kier alpha value is -1.35. The Labute approximate surface area is 122 Å². The number of benzene rings is 1. The van der Waals surface area contributed by atoms with Crippen molar-refractivity contribution in [1.29, 1.82) is 0 Å². The smallest absolute Gasteiger partial charge is 0.254 e. The fourth-order valence-corrected chi connectivity index (χ4v) is 2.63. The summed E-state index contributed by atoms with van der Waals surface area (Å²) in [7, 11) is 2.20. The number of nitrogens with one attached hydrogen (secondary N) is 1. The fourth-order valence-electron chi connectivity index (χ4n) is 2.63. The van der Waals surface area contributed by atoms with Gasteiger partial charge in [0.05, 0.1) is 26.7 Å². The summed E-state index contributed by atoms with van der Waals surface area (Å²) in [6.07, 6.45) is 1.09. The van der Waals surface area contributed by atoms with E-state index in [-0.39, 0.29) is 11.3 Å². The van der Waals surface area contributed by atoms with Crippen LogP contribution in [0, 0.1) is 0 Å². The first kappa shape index (κ1) is 15.0. The molecule has 3 heteroatoms. The minimum Gasteiger partial charge on any atom is -0.336 e. The van der Waals surface area contributed by atoms with Crippen LogP contribution < -0.4 is 4.90 Å². The van der Waals surface area contributed by atoms with Gasteiger partial charge in [0.1, 0.15) is 0 Å². The summed E-state index contributed by atoms with van der Waals surface area (Å²) in [5, 5.41) is 0. The predicted octanol–water partition coefficient (Wildman–Crippen LogP) is 1.34. The molecule has 0 aliphatic carbocycles. The van der Waals surface area contributed by atoms with Gasteiger partial charge in [-0.25, -0.2) is 0 Å². The van der Waals surface area contributed by atoms with Crippen LogP contribution >= 0.6 is 0 Å². The Morgan fingerprint density at radius 1 is 1.10 bits per heavy atom. The Bertz CT molecular complexity index is 459. The Morgan fingerprint density at radius 3 is 2.35 bits per heavy atom. The van der Waals surface area contributed by atoms with Crippen LogP contribution in [0.2, 0.25) is 0 Å². The molecule has 1 amide bonds. The van der Waals surface area contributed by atoms with Crippen LogP contribution in [0.3, 0.4) is 0 Å². The lowest BCUT2D eigenvalue weighted by Crippen LogP contribution is -3.09. The molecule has 1 aromatic carbocycles. The maximum atomic E-state index is 12.5. The number of nitrogens with zero attached hydrogens (tertiary/aromatic N) is 1. The van der Waals surface area contributed by atoms with Gasteiger partial charge in [-0.05, 0) is 23.1 Å². The van der Waals surface area contributed by atoms with E-state index in [2.05, 4.69) is 40.0 Å². The van der Waals surface area contributed by atoms with Crippen LogP contribution in [-0.2, 0) is 5.41 Å². The minimum atomic E-state index is 0.135. The lowest BCUT2D eigenvalue weighted by molar-refractivity contribution is -0.877. The summed E-state index contributed by atoms with van der Waals surface area (Å²) in [6.45, 7) is 10.5. The second-order valence-electron chi connectivity index (χ2n) is 6.93. The van der Waals surface area contributed by atoms with Crippen LogP contribution in [0.4, 0.5) is 0 Å². The van der Waals surface area contributed by atoms with Crippen molar-refractivity contribution < 1.29 is 9.69 Å². The van der Waals surface area contributed by atoms with Gasteiger partial charge in [-0.3, -0.25) is 4.79 Å². The largest absolute Gasteiger partial charge is 0.336 e. The molecule has 0 spiro atoms. The molecule has 1 aliphatic heterocycles. The third-order valence-corrected chi connectivity index (χ3v) is 4.13. The van der Waals surface area contributed by atoms with Crippen LogP contribution in [0.15, 0.2) is 24.3 Å². The molecule has 110 valence electrons. The first-order valence-electron chi connectivity index (χ1n) is 7.59. The Balaban J connectivity index is 2.09. The SMILES string of the molecule is C[NH+]1CCCN(C(=O)c2ccc(C(C)(C)C)cc2)CC1. The zero-order valence-corrected chi connectivity index (χ0v) is 13.2. The van der Waals surface area contributed by atoms with Crippen molar-refractivity contribution in [3.05, 3.63) is 35.4 Å². The zero-order valence-electron chi connectivity index (χ0n) is 13.2. The van der Waals surface area contributed by atoms with E-state index in [0.29, 0.717) is 0 Å². The molecule has 0 saturated carbocycles. The second-order valence-corrected chi connectivity index (χ2v) is 6.93. The predicted molar refractivity (Wildman–Crippen MR) is 82.3 cm³/mol. The highest BCUT2D eigenvalue weighted by Gasteiger charge is 2.21. The number of hydrogen-bond donors (Lipinski definition) is 1. The molecule has 1 unspecified atom stereocenters. The van der Waals surface area contributed by atoms with E-state index in [1.807, 2.05) is 17.0 Å². The lowest BCUT2D eigenvalue weighted by Gasteiger charge is -2.21. The van der Waals surface area contributed by atoms with Gasteiger partial charge in [0, 0.05) is 18.5 Å². The Morgan fingerprint density at radius 2 is 1.75 bits per heavy atom. The highest BCUT2D eigenvalue weighted by molar-refractivity contribution is 5.94. The maximum Gasteiger partial charge on any atom is 0.254 e. The Kier molecular flexibility index (Phi) is 4.48. The molecular formula is C17H27N2O+. The number of quaternary nitrogens is 1. The topological polar surface area (TPSA) is 24.8 Å². The highest BCUT2D eigenvalue weighted by Crippen LogP contribution is 2.22. The molecule has 1 aromatic rings. The van der Waals surface area contributed by atoms with Gasteiger partial charge in [0.25, 0.3) is 5.91 Å².